The van der Waals surface area contributed by atoms with Crippen molar-refractivity contribution in [2.24, 2.45) is 0 Å². The van der Waals surface area contributed by atoms with Gasteiger partial charge >= 0.3 is 0 Å². The number of anilines is 1. The van der Waals surface area contributed by atoms with Crippen molar-refractivity contribution < 1.29 is 18.8 Å². The fourth-order valence-corrected chi connectivity index (χ4v) is 3.18. The second kappa shape index (κ2) is 7.53. The number of hydrogen-bond acceptors (Lipinski definition) is 3. The van der Waals surface area contributed by atoms with E-state index in [1.165, 1.54) is 35.2 Å². The minimum Gasteiger partial charge on any atom is -0.322 e. The number of carbonyl (C=O) groups is 3. The van der Waals surface area contributed by atoms with Crippen LogP contribution in [-0.2, 0) is 9.59 Å². The number of benzene rings is 2. The molecule has 3 amide bonds. The summed E-state index contributed by atoms with van der Waals surface area (Å²) in [6.07, 6.45) is 1.40. The molecule has 1 saturated heterocycles. The van der Waals surface area contributed by atoms with Gasteiger partial charge in [0, 0.05) is 12.1 Å². The standard InChI is InChI=1S/C21H19FN2O3/c1-3-12-23(20(26)17-7-5-4-6-14(17)2)18-13-19(25)24(21(18)27)16-10-8-15(22)9-11-16/h3-11,18H,1,12-13H2,2H3. The van der Waals surface area contributed by atoms with E-state index in [9.17, 15) is 18.8 Å². The molecule has 0 aliphatic carbocycles. The first-order chi connectivity index (χ1) is 12.9. The lowest BCUT2D eigenvalue weighted by Gasteiger charge is -2.27. The molecule has 0 radical (unpaired) electrons. The summed E-state index contributed by atoms with van der Waals surface area (Å²) in [6, 6.07) is 11.3. The molecule has 27 heavy (non-hydrogen) atoms. The molecule has 2 aromatic rings. The first-order valence-corrected chi connectivity index (χ1v) is 8.54. The molecular formula is C21H19FN2O3. The highest BCUT2D eigenvalue weighted by Crippen LogP contribution is 2.27. The van der Waals surface area contributed by atoms with Gasteiger partial charge in [0.25, 0.3) is 11.8 Å². The van der Waals surface area contributed by atoms with E-state index in [1.54, 1.807) is 12.1 Å². The summed E-state index contributed by atoms with van der Waals surface area (Å²) >= 11 is 0. The van der Waals surface area contributed by atoms with Crippen LogP contribution in [0.5, 0.6) is 0 Å². The molecule has 138 valence electrons. The molecule has 1 fully saturated rings. The third kappa shape index (κ3) is 3.51. The van der Waals surface area contributed by atoms with E-state index in [1.807, 2.05) is 19.1 Å². The topological polar surface area (TPSA) is 57.7 Å². The van der Waals surface area contributed by atoms with E-state index in [2.05, 4.69) is 6.58 Å². The highest BCUT2D eigenvalue weighted by atomic mass is 19.1. The summed E-state index contributed by atoms with van der Waals surface area (Å²) in [5.74, 6) is -1.73. The zero-order valence-corrected chi connectivity index (χ0v) is 14.9. The minimum absolute atomic E-state index is 0.123. The summed E-state index contributed by atoms with van der Waals surface area (Å²) in [7, 11) is 0. The molecule has 3 rings (SSSR count). The van der Waals surface area contributed by atoms with Crippen molar-refractivity contribution >= 4 is 23.4 Å². The third-order valence-corrected chi connectivity index (χ3v) is 4.55. The summed E-state index contributed by atoms with van der Waals surface area (Å²) in [5.41, 5.74) is 1.54. The number of nitrogens with zero attached hydrogens (tertiary/aromatic N) is 2. The normalized spacial score (nSPS) is 16.5. The van der Waals surface area contributed by atoms with Gasteiger partial charge in [0.15, 0.2) is 0 Å². The monoisotopic (exact) mass is 366 g/mol. The van der Waals surface area contributed by atoms with E-state index in [-0.39, 0.29) is 24.6 Å². The van der Waals surface area contributed by atoms with Gasteiger partial charge in [0.2, 0.25) is 5.91 Å². The number of aryl methyl sites for hydroxylation is 1. The Morgan fingerprint density at radius 3 is 2.52 bits per heavy atom. The maximum absolute atomic E-state index is 13.2. The maximum atomic E-state index is 13.2. The van der Waals surface area contributed by atoms with E-state index < -0.39 is 23.7 Å². The maximum Gasteiger partial charge on any atom is 0.257 e. The Labute approximate surface area is 156 Å². The Morgan fingerprint density at radius 2 is 1.89 bits per heavy atom. The van der Waals surface area contributed by atoms with Gasteiger partial charge in [-0.05, 0) is 42.8 Å². The van der Waals surface area contributed by atoms with Crippen molar-refractivity contribution in [2.75, 3.05) is 11.4 Å². The number of imide groups is 1. The molecule has 5 nitrogen and oxygen atoms in total. The van der Waals surface area contributed by atoms with Crippen LogP contribution >= 0.6 is 0 Å². The predicted octanol–water partition coefficient (Wildman–Crippen LogP) is 3.09. The SMILES string of the molecule is C=CCN(C(=O)c1ccccc1C)C1CC(=O)N(c2ccc(F)cc2)C1=O. The van der Waals surface area contributed by atoms with E-state index in [4.69, 9.17) is 0 Å². The second-order valence-electron chi connectivity index (χ2n) is 6.32. The molecule has 0 bridgehead atoms. The molecule has 1 aliphatic heterocycles. The van der Waals surface area contributed by atoms with Crippen molar-refractivity contribution in [3.8, 4) is 0 Å². The Morgan fingerprint density at radius 1 is 1.22 bits per heavy atom. The van der Waals surface area contributed by atoms with Crippen LogP contribution in [0.4, 0.5) is 10.1 Å². The van der Waals surface area contributed by atoms with Gasteiger partial charge in [-0.3, -0.25) is 14.4 Å². The minimum atomic E-state index is -0.923. The number of amides is 3. The Hall–Kier alpha value is -3.28. The van der Waals surface area contributed by atoms with Crippen LogP contribution in [-0.4, -0.2) is 35.2 Å². The number of rotatable bonds is 5. The van der Waals surface area contributed by atoms with Crippen molar-refractivity contribution in [2.45, 2.75) is 19.4 Å². The van der Waals surface area contributed by atoms with Crippen molar-refractivity contribution in [3.05, 3.63) is 78.1 Å². The molecule has 0 saturated carbocycles. The molecular weight excluding hydrogens is 347 g/mol. The van der Waals surface area contributed by atoms with Crippen LogP contribution < -0.4 is 4.90 Å². The lowest BCUT2D eigenvalue weighted by molar-refractivity contribution is -0.122. The quantitative estimate of drug-likeness (QED) is 0.604. The molecule has 2 aromatic carbocycles. The Balaban J connectivity index is 1.92. The van der Waals surface area contributed by atoms with Crippen LogP contribution in [0.3, 0.4) is 0 Å². The van der Waals surface area contributed by atoms with Crippen LogP contribution in [0.2, 0.25) is 0 Å². The van der Waals surface area contributed by atoms with E-state index in [0.29, 0.717) is 5.56 Å². The highest BCUT2D eigenvalue weighted by molar-refractivity contribution is 6.23. The molecule has 0 spiro atoms. The number of hydrogen-bond donors (Lipinski definition) is 0. The zero-order chi connectivity index (χ0) is 19.6. The van der Waals surface area contributed by atoms with Crippen molar-refractivity contribution in [3.63, 3.8) is 0 Å². The van der Waals surface area contributed by atoms with Gasteiger partial charge in [0.05, 0.1) is 12.1 Å². The number of carbonyl (C=O) groups excluding carboxylic acids is 3. The molecule has 1 unspecified atom stereocenters. The third-order valence-electron chi connectivity index (χ3n) is 4.55. The van der Waals surface area contributed by atoms with Gasteiger partial charge in [-0.2, -0.15) is 0 Å². The van der Waals surface area contributed by atoms with Gasteiger partial charge < -0.3 is 4.90 Å². The fraction of sp³-hybridized carbons (Fsp3) is 0.190. The molecule has 1 aliphatic rings. The average Bonchev–Trinajstić information content (AvgIpc) is 2.94. The largest absolute Gasteiger partial charge is 0.322 e. The van der Waals surface area contributed by atoms with Gasteiger partial charge in [0.1, 0.15) is 11.9 Å². The lowest BCUT2D eigenvalue weighted by Crippen LogP contribution is -2.45. The first-order valence-electron chi connectivity index (χ1n) is 8.54. The van der Waals surface area contributed by atoms with E-state index in [0.717, 1.165) is 10.5 Å². The fourth-order valence-electron chi connectivity index (χ4n) is 3.18. The Bertz CT molecular complexity index is 908. The predicted molar refractivity (Wildman–Crippen MR) is 99.7 cm³/mol. The molecule has 0 N–H and O–H groups in total. The zero-order valence-electron chi connectivity index (χ0n) is 14.9. The van der Waals surface area contributed by atoms with Gasteiger partial charge in [-0.1, -0.05) is 24.3 Å². The summed E-state index contributed by atoms with van der Waals surface area (Å²) in [5, 5.41) is 0. The van der Waals surface area contributed by atoms with Crippen LogP contribution in [0.15, 0.2) is 61.2 Å². The first kappa shape index (κ1) is 18.5. The second-order valence-corrected chi connectivity index (χ2v) is 6.32. The highest BCUT2D eigenvalue weighted by Gasteiger charge is 2.44. The van der Waals surface area contributed by atoms with Gasteiger partial charge in [-0.25, -0.2) is 9.29 Å². The Kier molecular flexibility index (Phi) is 5.16. The van der Waals surface area contributed by atoms with Crippen molar-refractivity contribution in [1.82, 2.24) is 4.90 Å². The van der Waals surface area contributed by atoms with Gasteiger partial charge in [-0.15, -0.1) is 6.58 Å². The molecule has 1 atom stereocenters. The van der Waals surface area contributed by atoms with Crippen LogP contribution in [0, 0.1) is 12.7 Å². The molecule has 1 heterocycles. The van der Waals surface area contributed by atoms with E-state index >= 15 is 0 Å². The summed E-state index contributed by atoms with van der Waals surface area (Å²) < 4.78 is 13.2. The van der Waals surface area contributed by atoms with Crippen LogP contribution in [0.25, 0.3) is 0 Å². The molecule has 0 aromatic heterocycles. The number of halogens is 1. The smallest absolute Gasteiger partial charge is 0.257 e. The van der Waals surface area contributed by atoms with Crippen molar-refractivity contribution in [1.29, 1.82) is 0 Å². The summed E-state index contributed by atoms with van der Waals surface area (Å²) in [6.45, 7) is 5.60. The summed E-state index contributed by atoms with van der Waals surface area (Å²) in [4.78, 5) is 40.8. The molecule has 6 heteroatoms. The van der Waals surface area contributed by atoms with Crippen LogP contribution in [0.1, 0.15) is 22.3 Å². The lowest BCUT2D eigenvalue weighted by atomic mass is 10.1. The average molecular weight is 366 g/mol.